The van der Waals surface area contributed by atoms with Gasteiger partial charge in [-0.3, -0.25) is 0 Å². The average molecular weight is 179 g/mol. The van der Waals surface area contributed by atoms with Gasteiger partial charge in [-0.2, -0.15) is 0 Å². The van der Waals surface area contributed by atoms with Crippen molar-refractivity contribution in [2.45, 2.75) is 26.7 Å². The van der Waals surface area contributed by atoms with Crippen molar-refractivity contribution in [3.63, 3.8) is 0 Å². The van der Waals surface area contributed by atoms with Gasteiger partial charge < -0.3 is 0 Å². The maximum absolute atomic E-state index is 8.13. The first-order valence-corrected chi connectivity index (χ1v) is 4.59. The minimum absolute atomic E-state index is 0.480. The second-order valence-electron chi connectivity index (χ2n) is 2.84. The monoisotopic (exact) mass is 179 g/mol. The summed E-state index contributed by atoms with van der Waals surface area (Å²) < 4.78 is 0. The van der Waals surface area contributed by atoms with Crippen molar-refractivity contribution in [3.8, 4) is 0 Å². The van der Waals surface area contributed by atoms with Crippen LogP contribution in [0.1, 0.15) is 26.7 Å². The van der Waals surface area contributed by atoms with Crippen LogP contribution in [0.25, 0.3) is 10.4 Å². The van der Waals surface area contributed by atoms with E-state index < -0.39 is 0 Å². The zero-order valence-corrected chi connectivity index (χ0v) is 8.40. The molecule has 0 bridgehead atoms. The summed E-state index contributed by atoms with van der Waals surface area (Å²) in [6, 6.07) is 0. The van der Waals surface area contributed by atoms with Crippen LogP contribution in [-0.4, -0.2) is 6.54 Å². The molecular weight excluding hydrogens is 162 g/mol. The molecule has 0 spiro atoms. The predicted molar refractivity (Wildman–Crippen MR) is 56.4 cm³/mol. The Morgan fingerprint density at radius 1 is 1.69 bits per heavy atom. The highest BCUT2D eigenvalue weighted by Gasteiger charge is 2.07. The first-order valence-electron chi connectivity index (χ1n) is 4.59. The molecule has 0 aromatic rings. The molecule has 0 rings (SSSR count). The lowest BCUT2D eigenvalue weighted by Gasteiger charge is -2.14. The van der Waals surface area contributed by atoms with Crippen molar-refractivity contribution in [1.82, 2.24) is 0 Å². The Labute approximate surface area is 79.8 Å². The largest absolute Gasteiger partial charge is 0.0988 e. The molecule has 0 aliphatic carbocycles. The molecule has 0 radical (unpaired) electrons. The van der Waals surface area contributed by atoms with Gasteiger partial charge >= 0.3 is 0 Å². The average Bonchev–Trinajstić information content (AvgIpc) is 2.17. The summed E-state index contributed by atoms with van der Waals surface area (Å²) in [6.45, 7) is 8.47. The van der Waals surface area contributed by atoms with Gasteiger partial charge in [0.05, 0.1) is 0 Å². The number of azide groups is 1. The minimum atomic E-state index is 0.480. The second-order valence-corrected chi connectivity index (χ2v) is 2.84. The van der Waals surface area contributed by atoms with E-state index in [1.165, 1.54) is 5.57 Å². The molecule has 0 saturated heterocycles. The second kappa shape index (κ2) is 7.44. The summed E-state index contributed by atoms with van der Waals surface area (Å²) in [5.41, 5.74) is 9.37. The third-order valence-corrected chi connectivity index (χ3v) is 2.17. The van der Waals surface area contributed by atoms with Gasteiger partial charge in [0.1, 0.15) is 0 Å². The van der Waals surface area contributed by atoms with E-state index in [0.29, 0.717) is 12.5 Å². The first-order chi connectivity index (χ1) is 6.29. The Balaban J connectivity index is 4.15. The molecule has 0 aliphatic heterocycles. The summed E-state index contributed by atoms with van der Waals surface area (Å²) in [5.74, 6) is 0.480. The first kappa shape index (κ1) is 11.8. The molecule has 0 fully saturated rings. The van der Waals surface area contributed by atoms with Crippen LogP contribution in [0.2, 0.25) is 0 Å². The summed E-state index contributed by atoms with van der Waals surface area (Å²) in [5, 5.41) is 3.53. The van der Waals surface area contributed by atoms with Crippen LogP contribution < -0.4 is 0 Å². The molecule has 72 valence electrons. The van der Waals surface area contributed by atoms with Crippen LogP contribution in [-0.2, 0) is 0 Å². The number of hydrogen-bond donors (Lipinski definition) is 0. The van der Waals surface area contributed by atoms with Gasteiger partial charge in [-0.05, 0) is 36.8 Å². The molecule has 3 nitrogen and oxygen atoms in total. The molecule has 1 unspecified atom stereocenters. The Morgan fingerprint density at radius 3 is 2.77 bits per heavy atom. The normalized spacial score (nSPS) is 13.2. The molecule has 3 heteroatoms. The van der Waals surface area contributed by atoms with E-state index in [1.54, 1.807) is 0 Å². The third kappa shape index (κ3) is 4.38. The van der Waals surface area contributed by atoms with Crippen LogP contribution in [0, 0.1) is 5.92 Å². The van der Waals surface area contributed by atoms with Crippen molar-refractivity contribution in [3.05, 3.63) is 34.7 Å². The molecular formula is C10H17N3. The van der Waals surface area contributed by atoms with Crippen LogP contribution >= 0.6 is 0 Å². The van der Waals surface area contributed by atoms with Gasteiger partial charge in [0, 0.05) is 11.5 Å². The van der Waals surface area contributed by atoms with Gasteiger partial charge in [-0.1, -0.05) is 30.8 Å². The highest BCUT2D eigenvalue weighted by atomic mass is 15.1. The maximum Gasteiger partial charge on any atom is 0.0263 e. The molecule has 0 aromatic carbocycles. The SMILES string of the molecule is C=C/C(=C\C)C(CC)CCN=[N+]=[N-]. The van der Waals surface area contributed by atoms with Gasteiger partial charge in [0.15, 0.2) is 0 Å². The number of nitrogens with zero attached hydrogens (tertiary/aromatic N) is 3. The lowest BCUT2D eigenvalue weighted by Crippen LogP contribution is -2.02. The fourth-order valence-corrected chi connectivity index (χ4v) is 1.39. The van der Waals surface area contributed by atoms with E-state index in [4.69, 9.17) is 5.53 Å². The maximum atomic E-state index is 8.13. The van der Waals surface area contributed by atoms with Crippen molar-refractivity contribution in [2.75, 3.05) is 6.54 Å². The van der Waals surface area contributed by atoms with Crippen molar-refractivity contribution in [1.29, 1.82) is 0 Å². The molecule has 0 aromatic heterocycles. The highest BCUT2D eigenvalue weighted by Crippen LogP contribution is 2.19. The van der Waals surface area contributed by atoms with Crippen LogP contribution in [0.3, 0.4) is 0 Å². The van der Waals surface area contributed by atoms with E-state index in [0.717, 1.165) is 12.8 Å². The molecule has 0 N–H and O–H groups in total. The van der Waals surface area contributed by atoms with Gasteiger partial charge in [0.25, 0.3) is 0 Å². The van der Waals surface area contributed by atoms with E-state index in [9.17, 15) is 0 Å². The van der Waals surface area contributed by atoms with Crippen LogP contribution in [0.5, 0.6) is 0 Å². The van der Waals surface area contributed by atoms with Gasteiger partial charge in [-0.25, -0.2) is 0 Å². The molecule has 0 saturated carbocycles. The topological polar surface area (TPSA) is 48.8 Å². The van der Waals surface area contributed by atoms with Crippen molar-refractivity contribution < 1.29 is 0 Å². The summed E-state index contributed by atoms with van der Waals surface area (Å²) in [7, 11) is 0. The Morgan fingerprint density at radius 2 is 2.38 bits per heavy atom. The van der Waals surface area contributed by atoms with Gasteiger partial charge in [0.2, 0.25) is 0 Å². The molecule has 0 amide bonds. The predicted octanol–water partition coefficient (Wildman–Crippen LogP) is 3.85. The van der Waals surface area contributed by atoms with Gasteiger partial charge in [-0.15, -0.1) is 0 Å². The van der Waals surface area contributed by atoms with Crippen LogP contribution in [0.15, 0.2) is 29.4 Å². The summed E-state index contributed by atoms with van der Waals surface area (Å²) in [6.07, 6.45) is 5.92. The highest BCUT2D eigenvalue weighted by molar-refractivity contribution is 5.18. The number of allylic oxidation sites excluding steroid dienone is 3. The number of hydrogen-bond acceptors (Lipinski definition) is 1. The third-order valence-electron chi connectivity index (χ3n) is 2.17. The molecule has 0 heterocycles. The van der Waals surface area contributed by atoms with Crippen molar-refractivity contribution in [2.24, 2.45) is 11.0 Å². The smallest absolute Gasteiger partial charge is 0.0263 e. The van der Waals surface area contributed by atoms with Crippen molar-refractivity contribution >= 4 is 0 Å². The van der Waals surface area contributed by atoms with E-state index in [1.807, 2.05) is 13.0 Å². The zero-order valence-electron chi connectivity index (χ0n) is 8.40. The molecule has 0 aliphatic rings. The van der Waals surface area contributed by atoms with E-state index in [2.05, 4.69) is 29.6 Å². The zero-order chi connectivity index (χ0) is 10.1. The fraction of sp³-hybridized carbons (Fsp3) is 0.600. The number of rotatable bonds is 6. The lowest BCUT2D eigenvalue weighted by molar-refractivity contribution is 0.559. The van der Waals surface area contributed by atoms with Crippen LogP contribution in [0.4, 0.5) is 0 Å². The Bertz CT molecular complexity index is 224. The Hall–Kier alpha value is -1.21. The fourth-order valence-electron chi connectivity index (χ4n) is 1.39. The minimum Gasteiger partial charge on any atom is -0.0988 e. The standard InChI is InChI=1S/C10H17N3/c1-4-9(5-2)10(6-3)7-8-12-13-11/h4-5,10H,1,6-8H2,2-3H3/b9-5+. The summed E-state index contributed by atoms with van der Waals surface area (Å²) in [4.78, 5) is 2.73. The summed E-state index contributed by atoms with van der Waals surface area (Å²) >= 11 is 0. The van der Waals surface area contributed by atoms with E-state index in [-0.39, 0.29) is 0 Å². The quantitative estimate of drug-likeness (QED) is 0.257. The molecule has 1 atom stereocenters. The lowest BCUT2D eigenvalue weighted by atomic mass is 9.93. The molecule has 13 heavy (non-hydrogen) atoms. The van der Waals surface area contributed by atoms with E-state index >= 15 is 0 Å². The Kier molecular flexibility index (Phi) is 6.75.